The number of methoxy groups -OCH3 is 1. The second kappa shape index (κ2) is 6.67. The van der Waals surface area contributed by atoms with Crippen molar-refractivity contribution in [3.8, 4) is 0 Å². The average Bonchev–Trinajstić information content (AvgIpc) is 2.41. The van der Waals surface area contributed by atoms with Crippen LogP contribution in [0.1, 0.15) is 23.8 Å². The van der Waals surface area contributed by atoms with Crippen molar-refractivity contribution in [2.75, 3.05) is 20.2 Å². The van der Waals surface area contributed by atoms with Crippen LogP contribution in [0.3, 0.4) is 0 Å². The monoisotopic (exact) mass is 267 g/mol. The highest BCUT2D eigenvalue weighted by atomic mass is 16.5. The van der Waals surface area contributed by atoms with Crippen LogP contribution in [0.5, 0.6) is 0 Å². The smallest absolute Gasteiger partial charge is 0.307 e. The van der Waals surface area contributed by atoms with Crippen LogP contribution in [-0.2, 0) is 16.6 Å². The number of ether oxygens (including phenoxy) is 1. The van der Waals surface area contributed by atoms with Crippen LogP contribution in [0.2, 0.25) is 0 Å². The fourth-order valence-electron chi connectivity index (χ4n) is 1.51. The lowest BCUT2D eigenvalue weighted by molar-refractivity contribution is -0.140. The molecule has 0 bridgehead atoms. The van der Waals surface area contributed by atoms with Gasteiger partial charge < -0.3 is 9.64 Å². The molecule has 0 saturated heterocycles. The summed E-state index contributed by atoms with van der Waals surface area (Å²) in [6.45, 7) is 2.50. The molecule has 1 rings (SSSR count). The number of nitrogens with zero attached hydrogens (tertiary/aromatic N) is 3. The molecule has 1 amide bonds. The molecule has 0 fully saturated rings. The predicted molar refractivity (Wildman–Crippen MR) is 67.7 cm³/mol. The first-order valence-electron chi connectivity index (χ1n) is 5.90. The van der Waals surface area contributed by atoms with Crippen molar-refractivity contribution in [2.45, 2.75) is 13.3 Å². The lowest BCUT2D eigenvalue weighted by Gasteiger charge is -2.19. The van der Waals surface area contributed by atoms with Crippen LogP contribution in [-0.4, -0.2) is 46.8 Å². The molecule has 0 saturated carbocycles. The zero-order valence-corrected chi connectivity index (χ0v) is 11.3. The Morgan fingerprint density at radius 1 is 1.42 bits per heavy atom. The second-order valence-corrected chi connectivity index (χ2v) is 3.89. The van der Waals surface area contributed by atoms with Crippen molar-refractivity contribution in [1.29, 1.82) is 0 Å². The average molecular weight is 267 g/mol. The van der Waals surface area contributed by atoms with Crippen LogP contribution >= 0.6 is 0 Å². The van der Waals surface area contributed by atoms with Gasteiger partial charge in [-0.2, -0.15) is 5.10 Å². The minimum atomic E-state index is -0.375. The van der Waals surface area contributed by atoms with Gasteiger partial charge in [0, 0.05) is 26.2 Å². The summed E-state index contributed by atoms with van der Waals surface area (Å²) in [5.41, 5.74) is -0.108. The van der Waals surface area contributed by atoms with E-state index in [0.717, 1.165) is 4.68 Å². The van der Waals surface area contributed by atoms with E-state index in [1.165, 1.54) is 31.2 Å². The number of aryl methyl sites for hydroxylation is 1. The molecule has 19 heavy (non-hydrogen) atoms. The number of hydrogen-bond acceptors (Lipinski definition) is 5. The van der Waals surface area contributed by atoms with Gasteiger partial charge in [0.05, 0.1) is 13.5 Å². The highest BCUT2D eigenvalue weighted by Gasteiger charge is 2.17. The van der Waals surface area contributed by atoms with Crippen molar-refractivity contribution in [3.63, 3.8) is 0 Å². The van der Waals surface area contributed by atoms with Crippen LogP contribution < -0.4 is 5.56 Å². The fraction of sp³-hybridized carbons (Fsp3) is 0.500. The molecule has 0 aromatic carbocycles. The Kier molecular flexibility index (Phi) is 5.23. The maximum absolute atomic E-state index is 12.1. The van der Waals surface area contributed by atoms with E-state index in [-0.39, 0.29) is 36.1 Å². The van der Waals surface area contributed by atoms with Gasteiger partial charge in [0.2, 0.25) is 0 Å². The molecule has 0 spiro atoms. The molecule has 0 N–H and O–H groups in total. The number of rotatable bonds is 5. The molecule has 0 aliphatic carbocycles. The lowest BCUT2D eigenvalue weighted by atomic mass is 10.3. The summed E-state index contributed by atoms with van der Waals surface area (Å²) in [6, 6.07) is 2.67. The summed E-state index contributed by atoms with van der Waals surface area (Å²) < 4.78 is 5.63. The number of carbonyl (C=O) groups excluding carboxylic acids is 2. The Labute approximate surface area is 110 Å². The zero-order valence-electron chi connectivity index (χ0n) is 11.3. The van der Waals surface area contributed by atoms with Crippen molar-refractivity contribution in [2.24, 2.45) is 7.05 Å². The Morgan fingerprint density at radius 3 is 2.63 bits per heavy atom. The Morgan fingerprint density at radius 2 is 2.11 bits per heavy atom. The van der Waals surface area contributed by atoms with E-state index in [9.17, 15) is 14.4 Å². The summed E-state index contributed by atoms with van der Waals surface area (Å²) in [4.78, 5) is 35.9. The van der Waals surface area contributed by atoms with Crippen LogP contribution in [0, 0.1) is 0 Å². The van der Waals surface area contributed by atoms with Gasteiger partial charge in [0.1, 0.15) is 5.69 Å². The zero-order chi connectivity index (χ0) is 14.4. The number of hydrogen-bond donors (Lipinski definition) is 0. The van der Waals surface area contributed by atoms with Crippen LogP contribution in [0.15, 0.2) is 16.9 Å². The van der Waals surface area contributed by atoms with Gasteiger partial charge in [0.15, 0.2) is 0 Å². The SMILES string of the molecule is CCN(CCC(=O)OC)C(=O)c1ccc(=O)n(C)n1. The number of carbonyl (C=O) groups is 2. The van der Waals surface area contributed by atoms with E-state index in [1.54, 1.807) is 6.92 Å². The molecule has 0 radical (unpaired) electrons. The van der Waals surface area contributed by atoms with Gasteiger partial charge in [-0.15, -0.1) is 0 Å². The summed E-state index contributed by atoms with van der Waals surface area (Å²) in [6.07, 6.45) is 0.127. The molecule has 7 heteroatoms. The molecule has 1 aromatic heterocycles. The molecule has 0 atom stereocenters. The number of aromatic nitrogens is 2. The largest absolute Gasteiger partial charge is 0.469 e. The maximum Gasteiger partial charge on any atom is 0.307 e. The predicted octanol–water partition coefficient (Wildman–Crippen LogP) is -0.195. The third kappa shape index (κ3) is 3.90. The molecule has 104 valence electrons. The molecule has 0 aliphatic rings. The van der Waals surface area contributed by atoms with E-state index < -0.39 is 0 Å². The van der Waals surface area contributed by atoms with Gasteiger partial charge in [-0.3, -0.25) is 14.4 Å². The second-order valence-electron chi connectivity index (χ2n) is 3.89. The van der Waals surface area contributed by atoms with E-state index in [4.69, 9.17) is 0 Å². The Balaban J connectivity index is 2.80. The maximum atomic E-state index is 12.1. The van der Waals surface area contributed by atoms with Crippen molar-refractivity contribution in [1.82, 2.24) is 14.7 Å². The summed E-state index contributed by atoms with van der Waals surface area (Å²) in [7, 11) is 2.78. The number of esters is 1. The highest BCUT2D eigenvalue weighted by Crippen LogP contribution is 2.01. The topological polar surface area (TPSA) is 81.5 Å². The Bertz CT molecular complexity index is 524. The van der Waals surface area contributed by atoms with E-state index in [0.29, 0.717) is 6.54 Å². The number of amides is 1. The highest BCUT2D eigenvalue weighted by molar-refractivity contribution is 5.92. The molecule has 1 aromatic rings. The summed E-state index contributed by atoms with van der Waals surface area (Å²) in [5, 5.41) is 3.89. The lowest BCUT2D eigenvalue weighted by Crippen LogP contribution is -2.35. The standard InChI is InChI=1S/C12H17N3O4/c1-4-15(8-7-11(17)19-3)12(18)9-5-6-10(16)14(2)13-9/h5-6H,4,7-8H2,1-3H3. The van der Waals surface area contributed by atoms with Crippen molar-refractivity contribution in [3.05, 3.63) is 28.2 Å². The molecular formula is C12H17N3O4. The third-order valence-electron chi connectivity index (χ3n) is 2.66. The van der Waals surface area contributed by atoms with Crippen LogP contribution in [0.25, 0.3) is 0 Å². The summed E-state index contributed by atoms with van der Waals surface area (Å²) in [5.74, 6) is -0.693. The van der Waals surface area contributed by atoms with Gasteiger partial charge in [0.25, 0.3) is 11.5 Å². The Hall–Kier alpha value is -2.18. The first-order valence-corrected chi connectivity index (χ1v) is 5.90. The molecule has 0 aliphatic heterocycles. The fourth-order valence-corrected chi connectivity index (χ4v) is 1.51. The van der Waals surface area contributed by atoms with Gasteiger partial charge in [-0.05, 0) is 13.0 Å². The van der Waals surface area contributed by atoms with Gasteiger partial charge in [-0.25, -0.2) is 4.68 Å². The first-order chi connectivity index (χ1) is 8.99. The minimum absolute atomic E-state index is 0.127. The first kappa shape index (κ1) is 14.9. The van der Waals surface area contributed by atoms with Crippen LogP contribution in [0.4, 0.5) is 0 Å². The van der Waals surface area contributed by atoms with E-state index in [2.05, 4.69) is 9.84 Å². The van der Waals surface area contributed by atoms with E-state index >= 15 is 0 Å². The van der Waals surface area contributed by atoms with Crippen molar-refractivity contribution < 1.29 is 14.3 Å². The molecule has 7 nitrogen and oxygen atoms in total. The van der Waals surface area contributed by atoms with Gasteiger partial charge in [-0.1, -0.05) is 0 Å². The normalized spacial score (nSPS) is 10.1. The van der Waals surface area contributed by atoms with E-state index in [1.807, 2.05) is 0 Å². The van der Waals surface area contributed by atoms with Crippen molar-refractivity contribution >= 4 is 11.9 Å². The minimum Gasteiger partial charge on any atom is -0.469 e. The summed E-state index contributed by atoms with van der Waals surface area (Å²) >= 11 is 0. The van der Waals surface area contributed by atoms with Gasteiger partial charge >= 0.3 is 5.97 Å². The molecular weight excluding hydrogens is 250 g/mol. The third-order valence-corrected chi connectivity index (χ3v) is 2.66. The quantitative estimate of drug-likeness (QED) is 0.690. The molecule has 1 heterocycles. The molecule has 0 unspecified atom stereocenters.